The molecule has 2 aromatic heterocycles. The van der Waals surface area contributed by atoms with Gasteiger partial charge < -0.3 is 9.88 Å². The van der Waals surface area contributed by atoms with Crippen molar-refractivity contribution in [3.05, 3.63) is 34.7 Å². The third-order valence-corrected chi connectivity index (χ3v) is 4.25. The number of piperidine rings is 1. The molecule has 0 radical (unpaired) electrons. The topological polar surface area (TPSA) is 98.3 Å². The Hall–Kier alpha value is -1.77. The van der Waals surface area contributed by atoms with Crippen molar-refractivity contribution < 1.29 is 8.76 Å². The third kappa shape index (κ3) is 3.12. The van der Waals surface area contributed by atoms with Crippen LogP contribution in [0.3, 0.4) is 0 Å². The molecule has 3 N–H and O–H groups in total. The van der Waals surface area contributed by atoms with Crippen molar-refractivity contribution in [2.45, 2.75) is 18.9 Å². The molecule has 112 valence electrons. The molecule has 0 saturated carbocycles. The van der Waals surface area contributed by atoms with Gasteiger partial charge in [0.15, 0.2) is 0 Å². The van der Waals surface area contributed by atoms with Crippen LogP contribution in [0.5, 0.6) is 0 Å². The minimum absolute atomic E-state index is 0.0555. The van der Waals surface area contributed by atoms with E-state index in [1.54, 1.807) is 12.3 Å². The number of anilines is 1. The molecule has 0 aliphatic carbocycles. The standard InChI is InChI=1S/C13H16N4O3S/c18-12-2-1-10-11(3-6-14-13(10)15-12)17-7-4-9(5-8-17)16-21(19)20/h1-3,6,9,16H,4-5,7-8H2,(H,19,20)(H,14,15,18). The molecule has 0 aromatic carbocycles. The van der Waals surface area contributed by atoms with Gasteiger partial charge in [-0.05, 0) is 25.0 Å². The fourth-order valence-corrected chi connectivity index (χ4v) is 3.22. The maximum atomic E-state index is 11.3. The van der Waals surface area contributed by atoms with Crippen molar-refractivity contribution in [1.29, 1.82) is 0 Å². The zero-order valence-electron chi connectivity index (χ0n) is 11.3. The largest absolute Gasteiger partial charge is 0.371 e. The number of nitrogens with one attached hydrogen (secondary N) is 2. The van der Waals surface area contributed by atoms with E-state index in [1.165, 1.54) is 6.07 Å². The number of pyridine rings is 2. The summed E-state index contributed by atoms with van der Waals surface area (Å²) in [7, 11) is 0. The minimum atomic E-state index is -1.96. The van der Waals surface area contributed by atoms with Gasteiger partial charge in [0.1, 0.15) is 5.65 Å². The second-order valence-electron chi connectivity index (χ2n) is 5.04. The Morgan fingerprint density at radius 2 is 2.10 bits per heavy atom. The summed E-state index contributed by atoms with van der Waals surface area (Å²) in [5.41, 5.74) is 1.44. The second-order valence-corrected chi connectivity index (χ2v) is 5.78. The number of fused-ring (bicyclic) bond motifs is 1. The molecule has 0 amide bonds. The Morgan fingerprint density at radius 3 is 2.81 bits per heavy atom. The number of H-pyrrole nitrogens is 1. The first kappa shape index (κ1) is 14.2. The first-order valence-corrected chi connectivity index (χ1v) is 7.84. The molecule has 1 aliphatic heterocycles. The van der Waals surface area contributed by atoms with E-state index in [0.29, 0.717) is 5.65 Å². The van der Waals surface area contributed by atoms with E-state index in [1.807, 2.05) is 6.07 Å². The van der Waals surface area contributed by atoms with Crippen LogP contribution in [-0.4, -0.2) is 37.9 Å². The van der Waals surface area contributed by atoms with E-state index in [2.05, 4.69) is 19.6 Å². The number of nitrogens with zero attached hydrogens (tertiary/aromatic N) is 2. The number of rotatable bonds is 3. The molecular formula is C13H16N4O3S. The third-order valence-electron chi connectivity index (χ3n) is 3.71. The van der Waals surface area contributed by atoms with Crippen LogP contribution in [0.25, 0.3) is 11.0 Å². The number of hydrogen-bond acceptors (Lipinski definition) is 4. The Morgan fingerprint density at radius 1 is 1.33 bits per heavy atom. The van der Waals surface area contributed by atoms with Gasteiger partial charge in [-0.15, -0.1) is 0 Å². The van der Waals surface area contributed by atoms with Gasteiger partial charge in [-0.1, -0.05) is 0 Å². The van der Waals surface area contributed by atoms with Crippen LogP contribution in [0, 0.1) is 0 Å². The van der Waals surface area contributed by atoms with Crippen molar-refractivity contribution in [1.82, 2.24) is 14.7 Å². The summed E-state index contributed by atoms with van der Waals surface area (Å²) in [5.74, 6) is 0. The predicted molar refractivity (Wildman–Crippen MR) is 81.5 cm³/mol. The quantitative estimate of drug-likeness (QED) is 0.722. The number of aromatic nitrogens is 2. The minimum Gasteiger partial charge on any atom is -0.371 e. The van der Waals surface area contributed by atoms with Crippen LogP contribution >= 0.6 is 0 Å². The van der Waals surface area contributed by atoms with Crippen molar-refractivity contribution >= 4 is 28.0 Å². The monoisotopic (exact) mass is 308 g/mol. The lowest BCUT2D eigenvalue weighted by Crippen LogP contribution is -2.43. The smallest absolute Gasteiger partial charge is 0.249 e. The molecule has 1 unspecified atom stereocenters. The van der Waals surface area contributed by atoms with Crippen LogP contribution in [0.15, 0.2) is 29.2 Å². The molecule has 0 bridgehead atoms. The van der Waals surface area contributed by atoms with Crippen LogP contribution in [0.2, 0.25) is 0 Å². The molecule has 3 rings (SSSR count). The molecule has 0 spiro atoms. The van der Waals surface area contributed by atoms with Gasteiger partial charge in [-0.2, -0.15) is 0 Å². The van der Waals surface area contributed by atoms with Gasteiger partial charge in [0.25, 0.3) is 0 Å². The lowest BCUT2D eigenvalue weighted by atomic mass is 10.0. The maximum absolute atomic E-state index is 11.3. The highest BCUT2D eigenvalue weighted by Crippen LogP contribution is 2.26. The average Bonchev–Trinajstić information content (AvgIpc) is 2.46. The summed E-state index contributed by atoms with van der Waals surface area (Å²) in [4.78, 5) is 20.5. The maximum Gasteiger partial charge on any atom is 0.249 e. The summed E-state index contributed by atoms with van der Waals surface area (Å²) in [6, 6.07) is 5.26. The first-order chi connectivity index (χ1) is 10.1. The number of aromatic amines is 1. The van der Waals surface area contributed by atoms with Crippen LogP contribution in [0.1, 0.15) is 12.8 Å². The average molecular weight is 308 g/mol. The van der Waals surface area contributed by atoms with Gasteiger partial charge in [-0.3, -0.25) is 9.35 Å². The molecule has 1 saturated heterocycles. The van der Waals surface area contributed by atoms with Crippen molar-refractivity contribution in [3.8, 4) is 0 Å². The van der Waals surface area contributed by atoms with Gasteiger partial charge in [0.2, 0.25) is 16.8 Å². The molecule has 7 nitrogen and oxygen atoms in total. The summed E-state index contributed by atoms with van der Waals surface area (Å²) >= 11 is -1.96. The summed E-state index contributed by atoms with van der Waals surface area (Å²) in [6.07, 6.45) is 3.26. The first-order valence-electron chi connectivity index (χ1n) is 6.73. The van der Waals surface area contributed by atoms with E-state index >= 15 is 0 Å². The Balaban J connectivity index is 1.82. The molecule has 1 fully saturated rings. The van der Waals surface area contributed by atoms with Crippen molar-refractivity contribution in [2.75, 3.05) is 18.0 Å². The molecule has 3 heterocycles. The predicted octanol–water partition coefficient (Wildman–Crippen LogP) is 0.618. The fourth-order valence-electron chi connectivity index (χ4n) is 2.70. The molecule has 2 aromatic rings. The van der Waals surface area contributed by atoms with Gasteiger partial charge in [0.05, 0.1) is 0 Å². The lowest BCUT2D eigenvalue weighted by molar-refractivity contribution is 0.452. The SMILES string of the molecule is O=c1ccc2c(N3CCC(NS(=O)O)CC3)ccnc2[nH]1. The Labute approximate surface area is 123 Å². The van der Waals surface area contributed by atoms with Gasteiger partial charge in [-0.25, -0.2) is 13.9 Å². The summed E-state index contributed by atoms with van der Waals surface area (Å²) in [5, 5.41) is 0.911. The highest BCUT2D eigenvalue weighted by atomic mass is 32.2. The Bertz CT molecular complexity index is 725. The molecule has 21 heavy (non-hydrogen) atoms. The van der Waals surface area contributed by atoms with E-state index < -0.39 is 11.3 Å². The summed E-state index contributed by atoms with van der Waals surface area (Å²) in [6.45, 7) is 1.57. The highest BCUT2D eigenvalue weighted by Gasteiger charge is 2.21. The highest BCUT2D eigenvalue weighted by molar-refractivity contribution is 7.77. The number of hydrogen-bond donors (Lipinski definition) is 3. The van der Waals surface area contributed by atoms with Crippen LogP contribution in [-0.2, 0) is 11.3 Å². The molecule has 8 heteroatoms. The molecule has 1 atom stereocenters. The van der Waals surface area contributed by atoms with Crippen molar-refractivity contribution in [3.63, 3.8) is 0 Å². The van der Waals surface area contributed by atoms with E-state index in [9.17, 15) is 9.00 Å². The lowest BCUT2D eigenvalue weighted by Gasteiger charge is -2.33. The zero-order chi connectivity index (χ0) is 14.8. The second kappa shape index (κ2) is 5.92. The fraction of sp³-hybridized carbons (Fsp3) is 0.385. The van der Waals surface area contributed by atoms with Crippen LogP contribution in [0.4, 0.5) is 5.69 Å². The Kier molecular flexibility index (Phi) is 4.00. The van der Waals surface area contributed by atoms with Crippen LogP contribution < -0.4 is 15.2 Å². The summed E-state index contributed by atoms with van der Waals surface area (Å²) < 4.78 is 22.3. The zero-order valence-corrected chi connectivity index (χ0v) is 12.1. The molecule has 1 aliphatic rings. The van der Waals surface area contributed by atoms with E-state index in [-0.39, 0.29) is 11.6 Å². The van der Waals surface area contributed by atoms with Gasteiger partial charge >= 0.3 is 0 Å². The van der Waals surface area contributed by atoms with Gasteiger partial charge in [0, 0.05) is 42.5 Å². The molecular weight excluding hydrogens is 292 g/mol. The normalized spacial score (nSPS) is 18.0. The van der Waals surface area contributed by atoms with E-state index in [4.69, 9.17) is 4.55 Å². The van der Waals surface area contributed by atoms with Crippen molar-refractivity contribution in [2.24, 2.45) is 0 Å². The van der Waals surface area contributed by atoms with E-state index in [0.717, 1.165) is 37.0 Å².